The summed E-state index contributed by atoms with van der Waals surface area (Å²) in [4.78, 5) is 15.8. The Bertz CT molecular complexity index is 736. The average Bonchev–Trinajstić information content (AvgIpc) is 3.06. The number of hydrogen-bond donors (Lipinski definition) is 2. The highest BCUT2D eigenvalue weighted by Crippen LogP contribution is 2.20. The summed E-state index contributed by atoms with van der Waals surface area (Å²) in [6, 6.07) is 3.57. The van der Waals surface area contributed by atoms with Gasteiger partial charge in [-0.15, -0.1) is 5.10 Å². The second-order valence-electron chi connectivity index (χ2n) is 4.08. The lowest BCUT2D eigenvalue weighted by molar-refractivity contribution is 0.252. The Morgan fingerprint density at radius 2 is 2.40 bits per heavy atom. The highest BCUT2D eigenvalue weighted by Gasteiger charge is 2.07. The summed E-state index contributed by atoms with van der Waals surface area (Å²) in [6.07, 6.45) is 3.63. The minimum absolute atomic E-state index is 0.264. The Kier molecular flexibility index (Phi) is 3.30. The number of nitrogens with one attached hydrogen (secondary N) is 2. The van der Waals surface area contributed by atoms with Crippen LogP contribution in [0.1, 0.15) is 6.92 Å². The van der Waals surface area contributed by atoms with Crippen LogP contribution in [0.4, 0.5) is 10.6 Å². The van der Waals surface area contributed by atoms with E-state index in [2.05, 4.69) is 25.2 Å². The largest absolute Gasteiger partial charge is 0.338 e. The van der Waals surface area contributed by atoms with Gasteiger partial charge in [0.05, 0.1) is 6.20 Å². The molecular formula is C12H12N6OS. The molecule has 0 radical (unpaired) electrons. The van der Waals surface area contributed by atoms with Crippen LogP contribution in [0.5, 0.6) is 0 Å². The normalized spacial score (nSPS) is 10.7. The smallest absolute Gasteiger partial charge is 0.320 e. The Morgan fingerprint density at radius 3 is 3.15 bits per heavy atom. The number of pyridine rings is 1. The van der Waals surface area contributed by atoms with Gasteiger partial charge in [0.1, 0.15) is 11.3 Å². The Hall–Kier alpha value is -2.48. The third-order valence-corrected chi connectivity index (χ3v) is 3.20. The van der Waals surface area contributed by atoms with E-state index in [0.717, 1.165) is 16.9 Å². The van der Waals surface area contributed by atoms with E-state index in [4.69, 9.17) is 0 Å². The number of aromatic nitrogens is 4. The predicted molar refractivity (Wildman–Crippen MR) is 76.8 cm³/mol. The first kappa shape index (κ1) is 12.5. The highest BCUT2D eigenvalue weighted by atomic mass is 32.1. The number of carbonyl (C=O) groups is 1. The lowest BCUT2D eigenvalue weighted by atomic mass is 10.2. The van der Waals surface area contributed by atoms with Gasteiger partial charge < -0.3 is 9.72 Å². The number of amides is 2. The molecule has 2 amide bonds. The van der Waals surface area contributed by atoms with E-state index in [-0.39, 0.29) is 6.03 Å². The fourth-order valence-corrected chi connectivity index (χ4v) is 2.28. The molecule has 3 heterocycles. The summed E-state index contributed by atoms with van der Waals surface area (Å²) in [7, 11) is 0. The molecule has 20 heavy (non-hydrogen) atoms. The van der Waals surface area contributed by atoms with Crippen molar-refractivity contribution in [2.24, 2.45) is 0 Å². The van der Waals surface area contributed by atoms with Crippen molar-refractivity contribution in [3.8, 4) is 11.3 Å². The van der Waals surface area contributed by atoms with Crippen LogP contribution in [0.25, 0.3) is 16.9 Å². The van der Waals surface area contributed by atoms with Gasteiger partial charge in [0.15, 0.2) is 5.82 Å². The molecule has 0 unspecified atom stereocenters. The van der Waals surface area contributed by atoms with Crippen molar-refractivity contribution in [3.63, 3.8) is 0 Å². The second-order valence-corrected chi connectivity index (χ2v) is 4.69. The van der Waals surface area contributed by atoms with E-state index in [1.54, 1.807) is 6.20 Å². The van der Waals surface area contributed by atoms with Crippen LogP contribution in [0, 0.1) is 0 Å². The van der Waals surface area contributed by atoms with Crippen molar-refractivity contribution >= 4 is 29.0 Å². The minimum atomic E-state index is -0.264. The van der Waals surface area contributed by atoms with Gasteiger partial charge in [-0.25, -0.2) is 9.78 Å². The molecule has 2 N–H and O–H groups in total. The van der Waals surface area contributed by atoms with Crippen LogP contribution in [0.2, 0.25) is 0 Å². The summed E-state index contributed by atoms with van der Waals surface area (Å²) in [5.41, 5.74) is 2.50. The maximum absolute atomic E-state index is 11.5. The predicted octanol–water partition coefficient (Wildman–Crippen LogP) is 1.99. The third-order valence-electron chi connectivity index (χ3n) is 2.69. The molecule has 3 aromatic rings. The van der Waals surface area contributed by atoms with Crippen LogP contribution in [0.15, 0.2) is 29.9 Å². The average molecular weight is 288 g/mol. The van der Waals surface area contributed by atoms with Gasteiger partial charge in [-0.2, -0.15) is 0 Å². The molecule has 0 bridgehead atoms. The summed E-state index contributed by atoms with van der Waals surface area (Å²) >= 11 is 1.31. The molecule has 0 spiro atoms. The molecule has 0 aliphatic rings. The number of nitrogens with zero attached hydrogens (tertiary/aromatic N) is 4. The molecule has 0 aliphatic carbocycles. The zero-order valence-electron chi connectivity index (χ0n) is 10.7. The maximum atomic E-state index is 11.5. The standard InChI is InChI=1S/C12H12N6OS/c1-2-13-12(19)15-10-6-18-4-3-8(5-11(18)14-10)9-7-20-17-16-9/h3-7H,2H2,1H3,(H2,13,15,19). The van der Waals surface area contributed by atoms with Crippen LogP contribution >= 0.6 is 11.5 Å². The first-order valence-corrected chi connectivity index (χ1v) is 6.91. The Labute approximate surface area is 118 Å². The quantitative estimate of drug-likeness (QED) is 0.772. The van der Waals surface area contributed by atoms with Gasteiger partial charge >= 0.3 is 6.03 Å². The summed E-state index contributed by atoms with van der Waals surface area (Å²) in [5, 5.41) is 11.2. The molecule has 0 aliphatic heterocycles. The molecule has 0 saturated carbocycles. The summed E-state index contributed by atoms with van der Waals surface area (Å²) in [5.74, 6) is 0.504. The van der Waals surface area contributed by atoms with E-state index in [9.17, 15) is 4.79 Å². The molecule has 0 saturated heterocycles. The van der Waals surface area contributed by atoms with Crippen LogP contribution in [-0.2, 0) is 0 Å². The summed E-state index contributed by atoms with van der Waals surface area (Å²) in [6.45, 7) is 2.43. The van der Waals surface area contributed by atoms with Crippen molar-refractivity contribution in [2.45, 2.75) is 6.92 Å². The monoisotopic (exact) mass is 288 g/mol. The van der Waals surface area contributed by atoms with E-state index in [1.165, 1.54) is 11.5 Å². The zero-order chi connectivity index (χ0) is 13.9. The molecule has 3 aromatic heterocycles. The Balaban J connectivity index is 1.89. The van der Waals surface area contributed by atoms with E-state index < -0.39 is 0 Å². The van der Waals surface area contributed by atoms with Crippen LogP contribution in [-0.4, -0.2) is 31.5 Å². The lowest BCUT2D eigenvalue weighted by Gasteiger charge is -2.00. The topological polar surface area (TPSA) is 84.2 Å². The number of carbonyl (C=O) groups excluding carboxylic acids is 1. The van der Waals surface area contributed by atoms with Crippen molar-refractivity contribution < 1.29 is 4.79 Å². The van der Waals surface area contributed by atoms with Gasteiger partial charge in [0, 0.05) is 23.7 Å². The van der Waals surface area contributed by atoms with Crippen molar-refractivity contribution in [3.05, 3.63) is 29.9 Å². The second kappa shape index (κ2) is 5.25. The third kappa shape index (κ3) is 2.45. The molecule has 0 atom stereocenters. The summed E-state index contributed by atoms with van der Waals surface area (Å²) < 4.78 is 5.68. The fourth-order valence-electron chi connectivity index (χ4n) is 1.81. The number of hydrogen-bond acceptors (Lipinski definition) is 5. The number of rotatable bonds is 3. The van der Waals surface area contributed by atoms with Crippen molar-refractivity contribution in [2.75, 3.05) is 11.9 Å². The zero-order valence-corrected chi connectivity index (χ0v) is 11.5. The van der Waals surface area contributed by atoms with Gasteiger partial charge in [0.25, 0.3) is 0 Å². The van der Waals surface area contributed by atoms with Crippen LogP contribution < -0.4 is 10.6 Å². The van der Waals surface area contributed by atoms with Gasteiger partial charge in [-0.05, 0) is 30.6 Å². The number of fused-ring (bicyclic) bond motifs is 1. The van der Waals surface area contributed by atoms with Crippen molar-refractivity contribution in [1.29, 1.82) is 0 Å². The SMILES string of the molecule is CCNC(=O)Nc1cn2ccc(-c3csnn3)cc2n1. The molecule has 3 rings (SSSR count). The number of imidazole rings is 1. The lowest BCUT2D eigenvalue weighted by Crippen LogP contribution is -2.28. The Morgan fingerprint density at radius 1 is 1.50 bits per heavy atom. The number of urea groups is 1. The minimum Gasteiger partial charge on any atom is -0.338 e. The molecular weight excluding hydrogens is 276 g/mol. The highest BCUT2D eigenvalue weighted by molar-refractivity contribution is 7.03. The molecule has 102 valence electrons. The van der Waals surface area contributed by atoms with E-state index in [0.29, 0.717) is 12.4 Å². The molecule has 0 fully saturated rings. The molecule has 0 aromatic carbocycles. The molecule has 7 nitrogen and oxygen atoms in total. The van der Waals surface area contributed by atoms with E-state index >= 15 is 0 Å². The maximum Gasteiger partial charge on any atom is 0.320 e. The first-order valence-electron chi connectivity index (χ1n) is 6.07. The van der Waals surface area contributed by atoms with E-state index in [1.807, 2.05) is 35.0 Å². The van der Waals surface area contributed by atoms with Crippen LogP contribution in [0.3, 0.4) is 0 Å². The van der Waals surface area contributed by atoms with Gasteiger partial charge in [-0.3, -0.25) is 5.32 Å². The number of anilines is 1. The first-order chi connectivity index (χ1) is 9.76. The fraction of sp³-hybridized carbons (Fsp3) is 0.167. The van der Waals surface area contributed by atoms with Gasteiger partial charge in [0.2, 0.25) is 0 Å². The molecule has 8 heteroatoms. The van der Waals surface area contributed by atoms with Crippen molar-refractivity contribution in [1.82, 2.24) is 24.3 Å². The van der Waals surface area contributed by atoms with Gasteiger partial charge in [-0.1, -0.05) is 4.49 Å².